The van der Waals surface area contributed by atoms with Gasteiger partial charge in [-0.25, -0.2) is 0 Å². The molecule has 0 spiro atoms. The Morgan fingerprint density at radius 2 is 2.00 bits per heavy atom. The van der Waals surface area contributed by atoms with E-state index in [1.54, 1.807) is 0 Å². The minimum Gasteiger partial charge on any atom is -0.368 e. The Morgan fingerprint density at radius 1 is 1.33 bits per heavy atom. The van der Waals surface area contributed by atoms with Gasteiger partial charge in [-0.1, -0.05) is 27.2 Å². The summed E-state index contributed by atoms with van der Waals surface area (Å²) in [4.78, 5) is 11.4. The Bertz CT molecular complexity index is 234. The first kappa shape index (κ1) is 17.8. The number of carbonyl (C=O) groups is 1. The molecule has 1 unspecified atom stereocenters. The Kier molecular flexibility index (Phi) is 9.56. The molecule has 0 saturated heterocycles. The highest BCUT2D eigenvalue weighted by Crippen LogP contribution is 2.16. The summed E-state index contributed by atoms with van der Waals surface area (Å²) < 4.78 is 0. The maximum absolute atomic E-state index is 11.4. The fraction of sp³-hybridized carbons (Fsp3) is 0.929. The molecule has 0 aliphatic rings. The van der Waals surface area contributed by atoms with Crippen molar-refractivity contribution >= 4 is 17.7 Å². The largest absolute Gasteiger partial charge is 0.368 e. The van der Waals surface area contributed by atoms with Crippen molar-refractivity contribution in [2.45, 2.75) is 58.9 Å². The third kappa shape index (κ3) is 7.98. The lowest BCUT2D eigenvalue weighted by Crippen LogP contribution is -2.52. The summed E-state index contributed by atoms with van der Waals surface area (Å²) in [5.74, 6) is 2.99. The third-order valence-electron chi connectivity index (χ3n) is 3.17. The Hall–Kier alpha value is -0.220. The Balaban J connectivity index is 3.65. The molecule has 0 radical (unpaired) electrons. The van der Waals surface area contributed by atoms with Crippen LogP contribution in [0.5, 0.6) is 0 Å². The van der Waals surface area contributed by atoms with Gasteiger partial charge in [0.2, 0.25) is 5.91 Å². The molecule has 108 valence electrons. The van der Waals surface area contributed by atoms with Crippen LogP contribution in [0, 0.1) is 5.92 Å². The Morgan fingerprint density at radius 3 is 2.50 bits per heavy atom. The van der Waals surface area contributed by atoms with Crippen molar-refractivity contribution in [3.63, 3.8) is 0 Å². The number of hydrogen-bond acceptors (Lipinski definition) is 3. The SMILES string of the molecule is CCNC(C)(CCCCSCCC(C)C)C(N)=O. The zero-order chi connectivity index (χ0) is 14.0. The highest BCUT2D eigenvalue weighted by Gasteiger charge is 2.28. The normalized spacial score (nSPS) is 14.7. The van der Waals surface area contributed by atoms with E-state index in [0.717, 1.165) is 31.7 Å². The number of thioether (sulfide) groups is 1. The molecule has 0 aliphatic heterocycles. The topological polar surface area (TPSA) is 55.1 Å². The van der Waals surface area contributed by atoms with Crippen LogP contribution in [-0.4, -0.2) is 29.5 Å². The van der Waals surface area contributed by atoms with Gasteiger partial charge in [-0.3, -0.25) is 4.79 Å². The first-order valence-electron chi connectivity index (χ1n) is 7.05. The fourth-order valence-electron chi connectivity index (χ4n) is 1.79. The fourth-order valence-corrected chi connectivity index (χ4v) is 3.04. The summed E-state index contributed by atoms with van der Waals surface area (Å²) in [6.07, 6.45) is 4.35. The predicted molar refractivity (Wildman–Crippen MR) is 81.9 cm³/mol. The monoisotopic (exact) mass is 274 g/mol. The van der Waals surface area contributed by atoms with E-state index in [2.05, 4.69) is 19.2 Å². The van der Waals surface area contributed by atoms with Crippen LogP contribution in [-0.2, 0) is 4.79 Å². The Labute approximate surface area is 117 Å². The number of unbranched alkanes of at least 4 members (excludes halogenated alkanes) is 1. The highest BCUT2D eigenvalue weighted by molar-refractivity contribution is 7.99. The van der Waals surface area contributed by atoms with Crippen molar-refractivity contribution in [3.8, 4) is 0 Å². The molecule has 0 aromatic heterocycles. The van der Waals surface area contributed by atoms with E-state index in [1.165, 1.54) is 17.9 Å². The first-order chi connectivity index (χ1) is 8.42. The van der Waals surface area contributed by atoms with Gasteiger partial charge in [0.05, 0.1) is 5.54 Å². The lowest BCUT2D eigenvalue weighted by molar-refractivity contribution is -0.124. The second kappa shape index (κ2) is 9.68. The standard InChI is InChI=1S/C14H30N2OS/c1-5-16-14(4,13(15)17)9-6-7-10-18-11-8-12(2)3/h12,16H,5-11H2,1-4H3,(H2,15,17). The number of hydrogen-bond donors (Lipinski definition) is 2. The van der Waals surface area contributed by atoms with Crippen LogP contribution in [0.15, 0.2) is 0 Å². The summed E-state index contributed by atoms with van der Waals surface area (Å²) >= 11 is 2.02. The lowest BCUT2D eigenvalue weighted by Gasteiger charge is -2.26. The van der Waals surface area contributed by atoms with Crippen LogP contribution in [0.25, 0.3) is 0 Å². The van der Waals surface area contributed by atoms with Crippen LogP contribution in [0.3, 0.4) is 0 Å². The van der Waals surface area contributed by atoms with Crippen molar-refractivity contribution in [3.05, 3.63) is 0 Å². The van der Waals surface area contributed by atoms with Crippen molar-refractivity contribution in [1.82, 2.24) is 5.32 Å². The molecule has 0 heterocycles. The average molecular weight is 274 g/mol. The molecule has 1 atom stereocenters. The van der Waals surface area contributed by atoms with E-state index in [-0.39, 0.29) is 5.91 Å². The molecule has 0 fully saturated rings. The van der Waals surface area contributed by atoms with Crippen LogP contribution in [0.4, 0.5) is 0 Å². The lowest BCUT2D eigenvalue weighted by atomic mass is 9.94. The van der Waals surface area contributed by atoms with E-state index in [4.69, 9.17) is 5.73 Å². The van der Waals surface area contributed by atoms with Crippen molar-refractivity contribution in [2.24, 2.45) is 11.7 Å². The maximum Gasteiger partial charge on any atom is 0.237 e. The zero-order valence-electron chi connectivity index (χ0n) is 12.4. The van der Waals surface area contributed by atoms with Gasteiger partial charge in [-0.2, -0.15) is 11.8 Å². The quantitative estimate of drug-likeness (QED) is 0.570. The number of carbonyl (C=O) groups excluding carboxylic acids is 1. The van der Waals surface area contributed by atoms with Gasteiger partial charge in [0.15, 0.2) is 0 Å². The smallest absolute Gasteiger partial charge is 0.237 e. The summed E-state index contributed by atoms with van der Waals surface area (Å²) in [5, 5.41) is 3.19. The maximum atomic E-state index is 11.4. The third-order valence-corrected chi connectivity index (χ3v) is 4.27. The molecule has 0 aromatic carbocycles. The molecule has 0 rings (SSSR count). The second-order valence-electron chi connectivity index (χ2n) is 5.48. The first-order valence-corrected chi connectivity index (χ1v) is 8.20. The number of likely N-dealkylation sites (N-methyl/N-ethyl adjacent to an activating group) is 1. The van der Waals surface area contributed by atoms with Gasteiger partial charge in [-0.05, 0) is 50.2 Å². The van der Waals surface area contributed by atoms with E-state index in [9.17, 15) is 4.79 Å². The molecule has 0 saturated carbocycles. The van der Waals surface area contributed by atoms with Crippen molar-refractivity contribution in [2.75, 3.05) is 18.1 Å². The van der Waals surface area contributed by atoms with Crippen molar-refractivity contribution in [1.29, 1.82) is 0 Å². The van der Waals surface area contributed by atoms with Gasteiger partial charge in [0.1, 0.15) is 0 Å². The van der Waals surface area contributed by atoms with Crippen molar-refractivity contribution < 1.29 is 4.79 Å². The number of nitrogens with one attached hydrogen (secondary N) is 1. The number of primary amides is 1. The molecular formula is C14H30N2OS. The summed E-state index contributed by atoms with van der Waals surface area (Å²) in [7, 11) is 0. The molecule has 4 heteroatoms. The van der Waals surface area contributed by atoms with Gasteiger partial charge < -0.3 is 11.1 Å². The molecular weight excluding hydrogens is 244 g/mol. The van der Waals surface area contributed by atoms with Gasteiger partial charge >= 0.3 is 0 Å². The highest BCUT2D eigenvalue weighted by atomic mass is 32.2. The predicted octanol–water partition coefficient (Wildman–Crippen LogP) is 2.79. The summed E-state index contributed by atoms with van der Waals surface area (Å²) in [6.45, 7) is 9.21. The van der Waals surface area contributed by atoms with Gasteiger partial charge in [-0.15, -0.1) is 0 Å². The number of nitrogens with two attached hydrogens (primary N) is 1. The van der Waals surface area contributed by atoms with Crippen LogP contribution < -0.4 is 11.1 Å². The van der Waals surface area contributed by atoms with E-state index in [0.29, 0.717) is 0 Å². The number of amides is 1. The van der Waals surface area contributed by atoms with Crippen LogP contribution in [0.2, 0.25) is 0 Å². The van der Waals surface area contributed by atoms with Gasteiger partial charge in [0.25, 0.3) is 0 Å². The summed E-state index contributed by atoms with van der Waals surface area (Å²) in [5.41, 5.74) is 4.92. The molecule has 0 bridgehead atoms. The van der Waals surface area contributed by atoms with Crippen LogP contribution in [0.1, 0.15) is 53.4 Å². The molecule has 1 amide bonds. The molecule has 3 N–H and O–H groups in total. The average Bonchev–Trinajstić information content (AvgIpc) is 2.27. The minimum atomic E-state index is -0.530. The molecule has 0 aliphatic carbocycles. The molecule has 3 nitrogen and oxygen atoms in total. The summed E-state index contributed by atoms with van der Waals surface area (Å²) in [6, 6.07) is 0. The van der Waals surface area contributed by atoms with Gasteiger partial charge in [0, 0.05) is 0 Å². The van der Waals surface area contributed by atoms with E-state index < -0.39 is 5.54 Å². The number of rotatable bonds is 11. The molecule has 18 heavy (non-hydrogen) atoms. The zero-order valence-corrected chi connectivity index (χ0v) is 13.2. The minimum absolute atomic E-state index is 0.239. The van der Waals surface area contributed by atoms with E-state index >= 15 is 0 Å². The van der Waals surface area contributed by atoms with Crippen LogP contribution >= 0.6 is 11.8 Å². The second-order valence-corrected chi connectivity index (χ2v) is 6.70. The van der Waals surface area contributed by atoms with E-state index in [1.807, 2.05) is 25.6 Å². The molecule has 0 aromatic rings.